The van der Waals surface area contributed by atoms with Gasteiger partial charge in [0.2, 0.25) is 6.29 Å². The smallest absolute Gasteiger partial charge is 0.239 e. The van der Waals surface area contributed by atoms with Crippen LogP contribution in [0.5, 0.6) is 17.2 Å². The molecule has 0 aliphatic rings. The average Bonchev–Trinajstić information content (AvgIpc) is 2.25. The minimum Gasteiger partial charge on any atom is -0.493 e. The molecule has 0 aromatic heterocycles. The van der Waals surface area contributed by atoms with Crippen molar-refractivity contribution in [3.8, 4) is 17.2 Å². The summed E-state index contributed by atoms with van der Waals surface area (Å²) in [6.45, 7) is -0.0878. The molecule has 0 bridgehead atoms. The minimum absolute atomic E-state index is 0.0878. The van der Waals surface area contributed by atoms with E-state index in [-0.39, 0.29) is 6.61 Å². The number of hydrogen-bond donors (Lipinski definition) is 0. The summed E-state index contributed by atoms with van der Waals surface area (Å²) in [5.74, 6) is 1.73. The first kappa shape index (κ1) is 10.4. The van der Waals surface area contributed by atoms with Gasteiger partial charge in [-0.3, -0.25) is 4.79 Å². The normalized spacial score (nSPS) is 9.29. The molecular formula is C10H11O4. The summed E-state index contributed by atoms with van der Waals surface area (Å²) < 4.78 is 15.1. The Hall–Kier alpha value is -1.71. The van der Waals surface area contributed by atoms with Crippen molar-refractivity contribution >= 4 is 6.29 Å². The number of ether oxygens (including phenoxy) is 3. The van der Waals surface area contributed by atoms with Gasteiger partial charge < -0.3 is 14.2 Å². The summed E-state index contributed by atoms with van der Waals surface area (Å²) in [6, 6.07) is 5.05. The molecule has 0 saturated heterocycles. The van der Waals surface area contributed by atoms with Gasteiger partial charge in [0, 0.05) is 6.07 Å². The van der Waals surface area contributed by atoms with E-state index in [4.69, 9.17) is 14.2 Å². The number of hydrogen-bond acceptors (Lipinski definition) is 4. The highest BCUT2D eigenvalue weighted by Gasteiger charge is 2.04. The highest BCUT2D eigenvalue weighted by molar-refractivity contribution is 5.53. The predicted octanol–water partition coefficient (Wildman–Crippen LogP) is 1.19. The van der Waals surface area contributed by atoms with Crippen molar-refractivity contribution in [2.24, 2.45) is 0 Å². The molecule has 0 aliphatic carbocycles. The van der Waals surface area contributed by atoms with Crippen LogP contribution < -0.4 is 14.2 Å². The van der Waals surface area contributed by atoms with E-state index in [0.29, 0.717) is 17.2 Å². The predicted molar refractivity (Wildman–Crippen MR) is 50.7 cm³/mol. The molecule has 0 N–H and O–H groups in total. The molecule has 1 rings (SSSR count). The third-order valence-corrected chi connectivity index (χ3v) is 1.65. The van der Waals surface area contributed by atoms with Crippen LogP contribution in [0.1, 0.15) is 0 Å². The molecule has 1 aromatic carbocycles. The van der Waals surface area contributed by atoms with Gasteiger partial charge in [0.15, 0.2) is 18.1 Å². The Morgan fingerprint density at radius 3 is 2.50 bits per heavy atom. The van der Waals surface area contributed by atoms with E-state index in [1.165, 1.54) is 7.11 Å². The van der Waals surface area contributed by atoms with Crippen LogP contribution in [0.25, 0.3) is 0 Å². The van der Waals surface area contributed by atoms with Gasteiger partial charge in [-0.25, -0.2) is 0 Å². The summed E-state index contributed by atoms with van der Waals surface area (Å²) in [7, 11) is 3.09. The summed E-state index contributed by atoms with van der Waals surface area (Å²) in [5, 5.41) is 0. The zero-order valence-corrected chi connectivity index (χ0v) is 8.07. The SMILES string of the molecule is COc1ccc(OC[C]=O)cc1OC. The quantitative estimate of drug-likeness (QED) is 0.708. The first-order chi connectivity index (χ1) is 6.81. The van der Waals surface area contributed by atoms with Gasteiger partial charge in [0.05, 0.1) is 14.2 Å². The van der Waals surface area contributed by atoms with E-state index in [9.17, 15) is 4.79 Å². The van der Waals surface area contributed by atoms with E-state index < -0.39 is 0 Å². The van der Waals surface area contributed by atoms with E-state index in [0.717, 1.165) is 0 Å². The van der Waals surface area contributed by atoms with Crippen LogP contribution in [-0.4, -0.2) is 27.1 Å². The van der Waals surface area contributed by atoms with Gasteiger partial charge in [0.1, 0.15) is 5.75 Å². The first-order valence-corrected chi connectivity index (χ1v) is 4.01. The van der Waals surface area contributed by atoms with Gasteiger partial charge in [-0.05, 0) is 12.1 Å². The summed E-state index contributed by atoms with van der Waals surface area (Å²) in [5.41, 5.74) is 0. The number of methoxy groups -OCH3 is 2. The lowest BCUT2D eigenvalue weighted by Crippen LogP contribution is -1.98. The van der Waals surface area contributed by atoms with Crippen molar-refractivity contribution in [3.63, 3.8) is 0 Å². The monoisotopic (exact) mass is 195 g/mol. The van der Waals surface area contributed by atoms with Gasteiger partial charge >= 0.3 is 0 Å². The lowest BCUT2D eigenvalue weighted by atomic mass is 10.3. The molecule has 1 radical (unpaired) electrons. The van der Waals surface area contributed by atoms with Crippen molar-refractivity contribution in [2.45, 2.75) is 0 Å². The maximum Gasteiger partial charge on any atom is 0.239 e. The van der Waals surface area contributed by atoms with Crippen LogP contribution in [0.4, 0.5) is 0 Å². The van der Waals surface area contributed by atoms with Crippen molar-refractivity contribution in [3.05, 3.63) is 18.2 Å². The van der Waals surface area contributed by atoms with Crippen molar-refractivity contribution < 1.29 is 19.0 Å². The Labute approximate surface area is 82.4 Å². The molecule has 75 valence electrons. The van der Waals surface area contributed by atoms with Crippen LogP contribution in [0.3, 0.4) is 0 Å². The molecule has 0 fully saturated rings. The summed E-state index contributed by atoms with van der Waals surface area (Å²) in [6.07, 6.45) is 1.64. The van der Waals surface area contributed by atoms with Gasteiger partial charge in [0.25, 0.3) is 0 Å². The van der Waals surface area contributed by atoms with Crippen LogP contribution in [0.2, 0.25) is 0 Å². The fraction of sp³-hybridized carbons (Fsp3) is 0.300. The second kappa shape index (κ2) is 5.11. The Bertz CT molecular complexity index is 309. The van der Waals surface area contributed by atoms with E-state index in [1.807, 2.05) is 0 Å². The number of rotatable bonds is 5. The van der Waals surface area contributed by atoms with Crippen molar-refractivity contribution in [2.75, 3.05) is 20.8 Å². The van der Waals surface area contributed by atoms with Gasteiger partial charge in [-0.1, -0.05) is 0 Å². The van der Waals surface area contributed by atoms with Crippen molar-refractivity contribution in [1.29, 1.82) is 0 Å². The Morgan fingerprint density at radius 2 is 1.93 bits per heavy atom. The molecule has 4 nitrogen and oxygen atoms in total. The first-order valence-electron chi connectivity index (χ1n) is 4.01. The summed E-state index contributed by atoms with van der Waals surface area (Å²) >= 11 is 0. The maximum absolute atomic E-state index is 9.95. The highest BCUT2D eigenvalue weighted by Crippen LogP contribution is 2.30. The van der Waals surface area contributed by atoms with E-state index >= 15 is 0 Å². The molecule has 4 heteroatoms. The molecular weight excluding hydrogens is 184 g/mol. The molecule has 0 amide bonds. The maximum atomic E-state index is 9.95. The zero-order valence-electron chi connectivity index (χ0n) is 8.07. The lowest BCUT2D eigenvalue weighted by Gasteiger charge is -2.09. The fourth-order valence-corrected chi connectivity index (χ4v) is 1.02. The third-order valence-electron chi connectivity index (χ3n) is 1.65. The molecule has 0 spiro atoms. The number of benzene rings is 1. The molecule has 0 atom stereocenters. The Morgan fingerprint density at radius 1 is 1.21 bits per heavy atom. The van der Waals surface area contributed by atoms with Gasteiger partial charge in [-0.15, -0.1) is 0 Å². The molecule has 14 heavy (non-hydrogen) atoms. The largest absolute Gasteiger partial charge is 0.493 e. The molecule has 0 aliphatic heterocycles. The number of carbonyl (C=O) groups excluding carboxylic acids is 1. The second-order valence-corrected chi connectivity index (χ2v) is 2.45. The van der Waals surface area contributed by atoms with Crippen LogP contribution in [-0.2, 0) is 4.79 Å². The summed E-state index contributed by atoms with van der Waals surface area (Å²) in [4.78, 5) is 9.95. The average molecular weight is 195 g/mol. The molecule has 0 saturated carbocycles. The topological polar surface area (TPSA) is 44.8 Å². The molecule has 0 unspecified atom stereocenters. The highest BCUT2D eigenvalue weighted by atomic mass is 16.5. The fourth-order valence-electron chi connectivity index (χ4n) is 1.02. The van der Waals surface area contributed by atoms with Crippen LogP contribution in [0.15, 0.2) is 18.2 Å². The third kappa shape index (κ3) is 2.39. The molecule has 0 heterocycles. The van der Waals surface area contributed by atoms with E-state index in [1.54, 1.807) is 31.6 Å². The Balaban J connectivity index is 2.83. The molecule has 1 aromatic rings. The van der Waals surface area contributed by atoms with Crippen molar-refractivity contribution in [1.82, 2.24) is 0 Å². The minimum atomic E-state index is -0.0878. The van der Waals surface area contributed by atoms with Gasteiger partial charge in [-0.2, -0.15) is 0 Å². The standard InChI is InChI=1S/C10H11O4/c1-12-9-4-3-8(14-6-5-11)7-10(9)13-2/h3-4,7H,6H2,1-2H3. The lowest BCUT2D eigenvalue weighted by molar-refractivity contribution is 0.340. The second-order valence-electron chi connectivity index (χ2n) is 2.45. The van der Waals surface area contributed by atoms with E-state index in [2.05, 4.69) is 0 Å². The van der Waals surface area contributed by atoms with Crippen LogP contribution >= 0.6 is 0 Å². The zero-order chi connectivity index (χ0) is 10.4. The van der Waals surface area contributed by atoms with Crippen LogP contribution in [0, 0.1) is 0 Å². The Kier molecular flexibility index (Phi) is 3.79.